The molecule has 1 aromatic carbocycles. The number of hydrogen-bond donors (Lipinski definition) is 2. The van der Waals surface area contributed by atoms with Gasteiger partial charge >= 0.3 is 0 Å². The van der Waals surface area contributed by atoms with Crippen LogP contribution in [0.3, 0.4) is 0 Å². The minimum absolute atomic E-state index is 0.163. The summed E-state index contributed by atoms with van der Waals surface area (Å²) in [5.41, 5.74) is 8.29. The molecule has 2 rings (SSSR count). The highest BCUT2D eigenvalue weighted by atomic mass is 16.4. The standard InChI is InChI=1S/C13H15N3O2/c1-8-4-3-5-10(9(8)2)16-13(17)11-7-15-12(6-14)18-11/h3-5,7H,6,14H2,1-2H3,(H,16,17). The van der Waals surface area contributed by atoms with E-state index in [4.69, 9.17) is 10.2 Å². The summed E-state index contributed by atoms with van der Waals surface area (Å²) in [6.45, 7) is 4.12. The van der Waals surface area contributed by atoms with Gasteiger partial charge in [-0.25, -0.2) is 4.98 Å². The van der Waals surface area contributed by atoms with Crippen LogP contribution in [0.1, 0.15) is 27.6 Å². The normalized spacial score (nSPS) is 10.4. The van der Waals surface area contributed by atoms with Crippen molar-refractivity contribution in [3.63, 3.8) is 0 Å². The molecular weight excluding hydrogens is 230 g/mol. The van der Waals surface area contributed by atoms with Gasteiger partial charge in [0, 0.05) is 5.69 Å². The van der Waals surface area contributed by atoms with Crippen LogP contribution < -0.4 is 11.1 Å². The lowest BCUT2D eigenvalue weighted by atomic mass is 10.1. The zero-order chi connectivity index (χ0) is 13.1. The number of anilines is 1. The summed E-state index contributed by atoms with van der Waals surface area (Å²) in [5, 5.41) is 2.79. The first kappa shape index (κ1) is 12.3. The van der Waals surface area contributed by atoms with Crippen LogP contribution in [-0.2, 0) is 6.54 Å². The molecule has 1 aromatic heterocycles. The first-order valence-electron chi connectivity index (χ1n) is 5.64. The summed E-state index contributed by atoms with van der Waals surface area (Å²) >= 11 is 0. The molecule has 0 saturated heterocycles. The minimum atomic E-state index is -0.323. The zero-order valence-electron chi connectivity index (χ0n) is 10.4. The molecule has 0 unspecified atom stereocenters. The van der Waals surface area contributed by atoms with Gasteiger partial charge in [-0.3, -0.25) is 4.79 Å². The molecule has 0 aliphatic carbocycles. The Kier molecular flexibility index (Phi) is 3.43. The Morgan fingerprint density at radius 2 is 2.22 bits per heavy atom. The Morgan fingerprint density at radius 3 is 2.89 bits per heavy atom. The average Bonchev–Trinajstić information content (AvgIpc) is 2.83. The molecule has 1 heterocycles. The molecule has 0 spiro atoms. The fraction of sp³-hybridized carbons (Fsp3) is 0.231. The molecule has 0 fully saturated rings. The molecule has 18 heavy (non-hydrogen) atoms. The van der Waals surface area contributed by atoms with Gasteiger partial charge in [0.1, 0.15) is 0 Å². The Hall–Kier alpha value is -2.14. The lowest BCUT2D eigenvalue weighted by Crippen LogP contribution is -2.12. The molecule has 5 nitrogen and oxygen atoms in total. The van der Waals surface area contributed by atoms with Crippen molar-refractivity contribution in [2.24, 2.45) is 5.73 Å². The Bertz CT molecular complexity index is 575. The van der Waals surface area contributed by atoms with Gasteiger partial charge in [0.05, 0.1) is 12.7 Å². The van der Waals surface area contributed by atoms with Gasteiger partial charge in [-0.2, -0.15) is 0 Å². The molecule has 0 atom stereocenters. The van der Waals surface area contributed by atoms with Gasteiger partial charge in [-0.15, -0.1) is 0 Å². The van der Waals surface area contributed by atoms with Gasteiger partial charge < -0.3 is 15.5 Å². The van der Waals surface area contributed by atoms with Crippen LogP contribution in [0.15, 0.2) is 28.8 Å². The van der Waals surface area contributed by atoms with Crippen LogP contribution in [0.2, 0.25) is 0 Å². The third-order valence-electron chi connectivity index (χ3n) is 2.80. The SMILES string of the molecule is Cc1cccc(NC(=O)c2cnc(CN)o2)c1C. The molecule has 1 amide bonds. The number of carbonyl (C=O) groups excluding carboxylic acids is 1. The summed E-state index contributed by atoms with van der Waals surface area (Å²) in [5.74, 6) is 0.188. The number of amides is 1. The van der Waals surface area contributed by atoms with E-state index in [-0.39, 0.29) is 18.2 Å². The van der Waals surface area contributed by atoms with Crippen LogP contribution >= 0.6 is 0 Å². The Labute approximate surface area is 105 Å². The van der Waals surface area contributed by atoms with Crippen LogP contribution in [0.4, 0.5) is 5.69 Å². The van der Waals surface area contributed by atoms with Crippen molar-refractivity contribution in [3.8, 4) is 0 Å². The number of carbonyl (C=O) groups is 1. The monoisotopic (exact) mass is 245 g/mol. The van der Waals surface area contributed by atoms with Gasteiger partial charge in [-0.1, -0.05) is 12.1 Å². The van der Waals surface area contributed by atoms with E-state index in [0.29, 0.717) is 5.89 Å². The summed E-state index contributed by atoms with van der Waals surface area (Å²) in [7, 11) is 0. The predicted molar refractivity (Wildman–Crippen MR) is 68.3 cm³/mol. The molecule has 0 aliphatic heterocycles. The van der Waals surface area contributed by atoms with Crippen molar-refractivity contribution in [1.82, 2.24) is 4.98 Å². The van der Waals surface area contributed by atoms with Gasteiger partial charge in [0.2, 0.25) is 11.7 Å². The number of nitrogens with two attached hydrogens (primary N) is 1. The lowest BCUT2D eigenvalue weighted by Gasteiger charge is -2.08. The maximum Gasteiger partial charge on any atom is 0.293 e. The highest BCUT2D eigenvalue weighted by molar-refractivity contribution is 6.02. The molecule has 3 N–H and O–H groups in total. The molecule has 0 aliphatic rings. The van der Waals surface area contributed by atoms with Crippen molar-refractivity contribution in [3.05, 3.63) is 47.2 Å². The van der Waals surface area contributed by atoms with E-state index in [0.717, 1.165) is 16.8 Å². The zero-order valence-corrected chi connectivity index (χ0v) is 10.4. The maximum atomic E-state index is 11.9. The number of hydrogen-bond acceptors (Lipinski definition) is 4. The second-order valence-corrected chi connectivity index (χ2v) is 4.02. The van der Waals surface area contributed by atoms with Crippen LogP contribution in [0.25, 0.3) is 0 Å². The van der Waals surface area contributed by atoms with E-state index >= 15 is 0 Å². The fourth-order valence-electron chi connectivity index (χ4n) is 1.58. The third kappa shape index (κ3) is 2.41. The quantitative estimate of drug-likeness (QED) is 0.866. The van der Waals surface area contributed by atoms with Crippen LogP contribution in [-0.4, -0.2) is 10.9 Å². The lowest BCUT2D eigenvalue weighted by molar-refractivity contribution is 0.0995. The fourth-order valence-corrected chi connectivity index (χ4v) is 1.58. The van der Waals surface area contributed by atoms with Crippen molar-refractivity contribution in [1.29, 1.82) is 0 Å². The summed E-state index contributed by atoms with van der Waals surface area (Å²) in [6.07, 6.45) is 1.38. The van der Waals surface area contributed by atoms with Gasteiger partial charge in [0.15, 0.2) is 0 Å². The van der Waals surface area contributed by atoms with Crippen LogP contribution in [0, 0.1) is 13.8 Å². The van der Waals surface area contributed by atoms with E-state index < -0.39 is 0 Å². The summed E-state index contributed by atoms with van der Waals surface area (Å²) in [4.78, 5) is 15.8. The minimum Gasteiger partial charge on any atom is -0.434 e. The molecule has 2 aromatic rings. The first-order chi connectivity index (χ1) is 8.61. The predicted octanol–water partition coefficient (Wildman–Crippen LogP) is 2.00. The number of nitrogens with zero attached hydrogens (tertiary/aromatic N) is 1. The summed E-state index contributed by atoms with van der Waals surface area (Å²) < 4.78 is 5.19. The van der Waals surface area contributed by atoms with Crippen molar-refractivity contribution >= 4 is 11.6 Å². The smallest absolute Gasteiger partial charge is 0.293 e. The molecule has 0 saturated carbocycles. The van der Waals surface area contributed by atoms with Crippen molar-refractivity contribution < 1.29 is 9.21 Å². The number of oxazole rings is 1. The number of benzene rings is 1. The highest BCUT2D eigenvalue weighted by Crippen LogP contribution is 2.18. The number of nitrogens with one attached hydrogen (secondary N) is 1. The molecule has 0 radical (unpaired) electrons. The molecule has 0 bridgehead atoms. The molecule has 5 heteroatoms. The third-order valence-corrected chi connectivity index (χ3v) is 2.80. The number of aryl methyl sites for hydroxylation is 1. The van der Waals surface area contributed by atoms with Crippen molar-refractivity contribution in [2.45, 2.75) is 20.4 Å². The van der Waals surface area contributed by atoms with E-state index in [1.807, 2.05) is 32.0 Å². The molecule has 94 valence electrons. The van der Waals surface area contributed by atoms with Crippen molar-refractivity contribution in [2.75, 3.05) is 5.32 Å². The second-order valence-electron chi connectivity index (χ2n) is 4.02. The maximum absolute atomic E-state index is 11.9. The van der Waals surface area contributed by atoms with Gasteiger partial charge in [0.25, 0.3) is 5.91 Å². The van der Waals surface area contributed by atoms with Gasteiger partial charge in [-0.05, 0) is 31.0 Å². The highest BCUT2D eigenvalue weighted by Gasteiger charge is 2.13. The van der Waals surface area contributed by atoms with E-state index in [2.05, 4.69) is 10.3 Å². The molecular formula is C13H15N3O2. The number of aromatic nitrogens is 1. The van der Waals surface area contributed by atoms with Crippen LogP contribution in [0.5, 0.6) is 0 Å². The largest absolute Gasteiger partial charge is 0.434 e. The summed E-state index contributed by atoms with van der Waals surface area (Å²) in [6, 6.07) is 5.73. The number of rotatable bonds is 3. The first-order valence-corrected chi connectivity index (χ1v) is 5.64. The Morgan fingerprint density at radius 1 is 1.44 bits per heavy atom. The second kappa shape index (κ2) is 5.01. The van der Waals surface area contributed by atoms with E-state index in [1.165, 1.54) is 6.20 Å². The Balaban J connectivity index is 2.18. The average molecular weight is 245 g/mol. The van der Waals surface area contributed by atoms with E-state index in [1.54, 1.807) is 0 Å². The topological polar surface area (TPSA) is 81.2 Å². The van der Waals surface area contributed by atoms with E-state index in [9.17, 15) is 4.79 Å².